The predicted octanol–water partition coefficient (Wildman–Crippen LogP) is 4.65. The van der Waals surface area contributed by atoms with E-state index in [4.69, 9.17) is 4.42 Å². The van der Waals surface area contributed by atoms with Crippen LogP contribution in [0.4, 0.5) is 0 Å². The summed E-state index contributed by atoms with van der Waals surface area (Å²) in [4.78, 5) is 29.3. The Kier molecular flexibility index (Phi) is 5.11. The van der Waals surface area contributed by atoms with Gasteiger partial charge >= 0.3 is 0 Å². The second-order valence-corrected chi connectivity index (χ2v) is 9.78. The molecule has 0 bridgehead atoms. The summed E-state index contributed by atoms with van der Waals surface area (Å²) in [6.07, 6.45) is 6.10. The van der Waals surface area contributed by atoms with Crippen LogP contribution < -0.4 is 5.32 Å². The van der Waals surface area contributed by atoms with E-state index in [1.807, 2.05) is 48.7 Å². The van der Waals surface area contributed by atoms with E-state index in [1.54, 1.807) is 17.2 Å². The molecule has 2 aliphatic rings. The van der Waals surface area contributed by atoms with Gasteiger partial charge in [0.05, 0.1) is 18.3 Å². The molecule has 1 N–H and O–H groups in total. The van der Waals surface area contributed by atoms with Gasteiger partial charge < -0.3 is 19.2 Å². The third-order valence-electron chi connectivity index (χ3n) is 7.43. The molecule has 168 valence electrons. The number of carbonyl (C=O) groups excluding carboxylic acids is 2. The molecule has 2 amide bonds. The first-order chi connectivity index (χ1) is 15.4. The molecule has 1 aliphatic carbocycles. The number of furan rings is 1. The van der Waals surface area contributed by atoms with Crippen molar-refractivity contribution in [3.05, 3.63) is 59.5 Å². The van der Waals surface area contributed by atoms with Crippen molar-refractivity contribution in [1.82, 2.24) is 14.8 Å². The van der Waals surface area contributed by atoms with Crippen LogP contribution in [0, 0.1) is 12.8 Å². The number of hydrogen-bond donors (Lipinski definition) is 1. The van der Waals surface area contributed by atoms with Gasteiger partial charge in [-0.15, -0.1) is 0 Å². The molecule has 0 radical (unpaired) electrons. The first-order valence-corrected chi connectivity index (χ1v) is 11.6. The number of amides is 2. The zero-order valence-corrected chi connectivity index (χ0v) is 19.1. The molecule has 32 heavy (non-hydrogen) atoms. The van der Waals surface area contributed by atoms with E-state index < -0.39 is 5.54 Å². The second-order valence-electron chi connectivity index (χ2n) is 9.78. The number of nitrogens with zero attached hydrogens (tertiary/aromatic N) is 2. The van der Waals surface area contributed by atoms with Crippen LogP contribution in [0.25, 0.3) is 11.1 Å². The maximum Gasteiger partial charge on any atom is 0.271 e. The SMILES string of the molecule is Cc1ccc(CN2C(=O)c3cc4occc4n3CC2(C)C(=O)N[C@@H]2CCCCC2C)cc1. The first kappa shape index (κ1) is 20.9. The molecular weight excluding hydrogens is 402 g/mol. The molecule has 3 aromatic rings. The van der Waals surface area contributed by atoms with E-state index in [-0.39, 0.29) is 17.9 Å². The van der Waals surface area contributed by atoms with Gasteiger partial charge in [0.25, 0.3) is 5.91 Å². The van der Waals surface area contributed by atoms with E-state index >= 15 is 0 Å². The van der Waals surface area contributed by atoms with E-state index in [0.717, 1.165) is 30.3 Å². The lowest BCUT2D eigenvalue weighted by molar-refractivity contribution is -0.134. The lowest BCUT2D eigenvalue weighted by Crippen LogP contribution is -2.65. The number of nitrogens with one attached hydrogen (secondary N) is 1. The average molecular weight is 434 g/mol. The molecule has 0 saturated heterocycles. The Bertz CT molecular complexity index is 1160. The van der Waals surface area contributed by atoms with E-state index in [0.29, 0.717) is 30.3 Å². The van der Waals surface area contributed by atoms with Gasteiger partial charge in [0.1, 0.15) is 11.2 Å². The summed E-state index contributed by atoms with van der Waals surface area (Å²) in [5.41, 5.74) is 3.28. The van der Waals surface area contributed by atoms with Crippen LogP contribution >= 0.6 is 0 Å². The van der Waals surface area contributed by atoms with Gasteiger partial charge in [-0.3, -0.25) is 9.59 Å². The van der Waals surface area contributed by atoms with Crippen molar-refractivity contribution in [2.45, 2.75) is 71.1 Å². The largest absolute Gasteiger partial charge is 0.463 e. The quantitative estimate of drug-likeness (QED) is 0.651. The van der Waals surface area contributed by atoms with Crippen LogP contribution in [0.2, 0.25) is 0 Å². The minimum absolute atomic E-state index is 0.0762. The average Bonchev–Trinajstić information content (AvgIpc) is 3.36. The maximum absolute atomic E-state index is 13.8. The van der Waals surface area contributed by atoms with Crippen molar-refractivity contribution in [1.29, 1.82) is 0 Å². The zero-order chi connectivity index (χ0) is 22.5. The van der Waals surface area contributed by atoms with Crippen molar-refractivity contribution in [3.63, 3.8) is 0 Å². The highest BCUT2D eigenvalue weighted by atomic mass is 16.3. The monoisotopic (exact) mass is 433 g/mol. The minimum atomic E-state index is -1.00. The van der Waals surface area contributed by atoms with Crippen molar-refractivity contribution in [3.8, 4) is 0 Å². The molecule has 6 nitrogen and oxygen atoms in total. The van der Waals surface area contributed by atoms with Gasteiger partial charge in [0, 0.05) is 24.7 Å². The second kappa shape index (κ2) is 7.84. The maximum atomic E-state index is 13.8. The Morgan fingerprint density at radius 2 is 1.94 bits per heavy atom. The van der Waals surface area contributed by atoms with Crippen molar-refractivity contribution < 1.29 is 14.0 Å². The zero-order valence-electron chi connectivity index (χ0n) is 19.1. The number of fused-ring (bicyclic) bond motifs is 3. The molecule has 1 aromatic carbocycles. The predicted molar refractivity (Wildman–Crippen MR) is 123 cm³/mol. The standard InChI is InChI=1S/C26H31N3O3/c1-17-8-10-19(11-9-17)15-29-24(30)22-14-23-21(12-13-32-23)28(22)16-26(29,3)25(31)27-20-7-5-4-6-18(20)2/h8-14,18,20H,4-7,15-16H2,1-3H3,(H,27,31)/t18?,20-,26?/m1/s1. The number of benzene rings is 1. The number of hydrogen-bond acceptors (Lipinski definition) is 3. The van der Waals surface area contributed by atoms with Crippen molar-refractivity contribution in [2.75, 3.05) is 0 Å². The fraction of sp³-hybridized carbons (Fsp3) is 0.462. The molecule has 6 heteroatoms. The summed E-state index contributed by atoms with van der Waals surface area (Å²) in [5.74, 6) is 0.231. The molecule has 5 rings (SSSR count). The lowest BCUT2D eigenvalue weighted by atomic mass is 9.85. The molecule has 1 aliphatic heterocycles. The normalized spacial score (nSPS) is 25.7. The minimum Gasteiger partial charge on any atom is -0.463 e. The van der Waals surface area contributed by atoms with Crippen LogP contribution in [0.15, 0.2) is 47.1 Å². The smallest absolute Gasteiger partial charge is 0.271 e. The van der Waals surface area contributed by atoms with Gasteiger partial charge in [-0.05, 0) is 38.2 Å². The number of aromatic nitrogens is 1. The van der Waals surface area contributed by atoms with Gasteiger partial charge in [0.15, 0.2) is 5.58 Å². The number of rotatable bonds is 4. The van der Waals surface area contributed by atoms with Crippen molar-refractivity contribution >= 4 is 22.9 Å². The van der Waals surface area contributed by atoms with Crippen LogP contribution in [-0.2, 0) is 17.9 Å². The van der Waals surface area contributed by atoms with E-state index in [9.17, 15) is 9.59 Å². The van der Waals surface area contributed by atoms with Crippen LogP contribution in [0.3, 0.4) is 0 Å². The van der Waals surface area contributed by atoms with Crippen LogP contribution in [0.1, 0.15) is 61.1 Å². The molecule has 1 saturated carbocycles. The Morgan fingerprint density at radius 3 is 2.69 bits per heavy atom. The molecule has 3 atom stereocenters. The fourth-order valence-electron chi connectivity index (χ4n) is 5.25. The molecular formula is C26H31N3O3. The Balaban J connectivity index is 1.52. The van der Waals surface area contributed by atoms with Crippen molar-refractivity contribution in [2.24, 2.45) is 5.92 Å². The summed E-state index contributed by atoms with van der Waals surface area (Å²) in [5, 5.41) is 3.32. The Hall–Kier alpha value is -3.02. The third kappa shape index (κ3) is 3.42. The first-order valence-electron chi connectivity index (χ1n) is 11.6. The van der Waals surface area contributed by atoms with Gasteiger partial charge in [-0.2, -0.15) is 0 Å². The third-order valence-corrected chi connectivity index (χ3v) is 7.43. The highest BCUT2D eigenvalue weighted by Crippen LogP contribution is 2.34. The Morgan fingerprint density at radius 1 is 1.19 bits per heavy atom. The van der Waals surface area contributed by atoms with E-state index in [1.165, 1.54) is 12.0 Å². The summed E-state index contributed by atoms with van der Waals surface area (Å²) in [7, 11) is 0. The van der Waals surface area contributed by atoms with Crippen LogP contribution in [0.5, 0.6) is 0 Å². The molecule has 2 aromatic heterocycles. The molecule has 2 unspecified atom stereocenters. The highest BCUT2D eigenvalue weighted by molar-refractivity contribution is 6.02. The fourth-order valence-corrected chi connectivity index (χ4v) is 5.25. The molecule has 1 fully saturated rings. The summed E-state index contributed by atoms with van der Waals surface area (Å²) < 4.78 is 7.50. The summed E-state index contributed by atoms with van der Waals surface area (Å²) >= 11 is 0. The lowest BCUT2D eigenvalue weighted by Gasteiger charge is -2.45. The van der Waals surface area contributed by atoms with Gasteiger partial charge in [0.2, 0.25) is 5.91 Å². The summed E-state index contributed by atoms with van der Waals surface area (Å²) in [6.45, 7) is 6.94. The van der Waals surface area contributed by atoms with Crippen LogP contribution in [-0.4, -0.2) is 32.9 Å². The number of aryl methyl sites for hydroxylation is 1. The summed E-state index contributed by atoms with van der Waals surface area (Å²) in [6, 6.07) is 12.0. The molecule has 3 heterocycles. The number of carbonyl (C=O) groups is 2. The Labute approximate surface area is 188 Å². The van der Waals surface area contributed by atoms with E-state index in [2.05, 4.69) is 12.2 Å². The topological polar surface area (TPSA) is 67.5 Å². The van der Waals surface area contributed by atoms with Gasteiger partial charge in [-0.25, -0.2) is 0 Å². The van der Waals surface area contributed by atoms with Gasteiger partial charge in [-0.1, -0.05) is 49.6 Å². The highest BCUT2D eigenvalue weighted by Gasteiger charge is 2.48. The molecule has 0 spiro atoms.